The summed E-state index contributed by atoms with van der Waals surface area (Å²) in [4.78, 5) is 23.7. The van der Waals surface area contributed by atoms with Gasteiger partial charge >= 0.3 is 0 Å². The fourth-order valence-electron chi connectivity index (χ4n) is 2.07. The van der Waals surface area contributed by atoms with E-state index in [-0.39, 0.29) is 5.91 Å². The van der Waals surface area contributed by atoms with Crippen molar-refractivity contribution in [2.24, 2.45) is 0 Å². The Labute approximate surface area is 146 Å². The zero-order chi connectivity index (χ0) is 18.2. The Hall–Kier alpha value is -3.28. The third kappa shape index (κ3) is 5.10. The van der Waals surface area contributed by atoms with Crippen molar-refractivity contribution >= 4 is 17.9 Å². The number of nitrogens with one attached hydrogen (secondary N) is 2. The monoisotopic (exact) mass is 340 g/mol. The van der Waals surface area contributed by atoms with Gasteiger partial charge < -0.3 is 9.47 Å². The number of rotatable bonds is 5. The van der Waals surface area contributed by atoms with Crippen LogP contribution in [0.15, 0.2) is 48.5 Å². The van der Waals surface area contributed by atoms with E-state index in [1.54, 1.807) is 50.6 Å². The lowest BCUT2D eigenvalue weighted by Gasteiger charge is -2.08. The summed E-state index contributed by atoms with van der Waals surface area (Å²) in [6.07, 6.45) is 2.92. The molecule has 0 aliphatic heterocycles. The molecule has 0 fully saturated rings. The third-order valence-corrected chi connectivity index (χ3v) is 3.45. The number of carbonyl (C=O) groups excluding carboxylic acids is 2. The standard InChI is InChI=1S/C19H20N2O4/c1-13-4-8-15(9-5-13)19(23)21-20-18(22)11-7-14-6-10-16(24-2)17(12-14)25-3/h4-12H,1-3H3,(H,20,22)(H,21,23). The normalized spacial score (nSPS) is 10.4. The predicted octanol–water partition coefficient (Wildman–Crippen LogP) is 2.49. The molecular formula is C19H20N2O4. The van der Waals surface area contributed by atoms with Gasteiger partial charge in [0.1, 0.15) is 0 Å². The minimum Gasteiger partial charge on any atom is -0.493 e. The first-order valence-corrected chi connectivity index (χ1v) is 7.60. The summed E-state index contributed by atoms with van der Waals surface area (Å²) in [5.74, 6) is 0.343. The summed E-state index contributed by atoms with van der Waals surface area (Å²) in [5, 5.41) is 0. The van der Waals surface area contributed by atoms with Crippen LogP contribution in [0.5, 0.6) is 11.5 Å². The molecular weight excluding hydrogens is 320 g/mol. The van der Waals surface area contributed by atoms with Gasteiger partial charge in [-0.15, -0.1) is 0 Å². The number of amides is 2. The molecule has 2 aromatic rings. The summed E-state index contributed by atoms with van der Waals surface area (Å²) in [7, 11) is 3.09. The van der Waals surface area contributed by atoms with E-state index in [9.17, 15) is 9.59 Å². The highest BCUT2D eigenvalue weighted by molar-refractivity contribution is 5.97. The van der Waals surface area contributed by atoms with Crippen LogP contribution in [0.25, 0.3) is 6.08 Å². The van der Waals surface area contributed by atoms with E-state index in [2.05, 4.69) is 10.9 Å². The van der Waals surface area contributed by atoms with Gasteiger partial charge in [0.25, 0.3) is 11.8 Å². The van der Waals surface area contributed by atoms with Crippen LogP contribution < -0.4 is 20.3 Å². The maximum atomic E-state index is 11.9. The molecule has 2 aromatic carbocycles. The van der Waals surface area contributed by atoms with Gasteiger partial charge in [0, 0.05) is 11.6 Å². The van der Waals surface area contributed by atoms with Crippen LogP contribution in [0.4, 0.5) is 0 Å². The number of methoxy groups -OCH3 is 2. The number of hydrazine groups is 1. The molecule has 0 heterocycles. The lowest BCUT2D eigenvalue weighted by molar-refractivity contribution is -0.117. The van der Waals surface area contributed by atoms with Gasteiger partial charge in [-0.3, -0.25) is 20.4 Å². The molecule has 0 saturated carbocycles. The predicted molar refractivity (Wildman–Crippen MR) is 95.4 cm³/mol. The van der Waals surface area contributed by atoms with Crippen molar-refractivity contribution in [1.29, 1.82) is 0 Å². The Morgan fingerprint density at radius 2 is 1.60 bits per heavy atom. The SMILES string of the molecule is COc1ccc(C=CC(=O)NNC(=O)c2ccc(C)cc2)cc1OC. The summed E-state index contributed by atoms with van der Waals surface area (Å²) in [6.45, 7) is 1.93. The first-order valence-electron chi connectivity index (χ1n) is 7.60. The summed E-state index contributed by atoms with van der Waals surface area (Å²) in [5.41, 5.74) is 6.98. The summed E-state index contributed by atoms with van der Waals surface area (Å²) < 4.78 is 10.4. The quantitative estimate of drug-likeness (QED) is 0.648. The van der Waals surface area contributed by atoms with Crippen molar-refractivity contribution < 1.29 is 19.1 Å². The van der Waals surface area contributed by atoms with Crippen molar-refractivity contribution in [3.8, 4) is 11.5 Å². The fourth-order valence-corrected chi connectivity index (χ4v) is 2.07. The van der Waals surface area contributed by atoms with Gasteiger partial charge in [-0.05, 0) is 42.8 Å². The Balaban J connectivity index is 1.92. The molecule has 0 bridgehead atoms. The van der Waals surface area contributed by atoms with E-state index in [1.807, 2.05) is 19.1 Å². The Morgan fingerprint density at radius 1 is 0.920 bits per heavy atom. The van der Waals surface area contributed by atoms with Crippen molar-refractivity contribution in [3.05, 3.63) is 65.2 Å². The first-order chi connectivity index (χ1) is 12.0. The molecule has 0 aliphatic carbocycles. The smallest absolute Gasteiger partial charge is 0.269 e. The van der Waals surface area contributed by atoms with Gasteiger partial charge in [-0.25, -0.2) is 0 Å². The fraction of sp³-hybridized carbons (Fsp3) is 0.158. The van der Waals surface area contributed by atoms with Crippen LogP contribution in [0.3, 0.4) is 0 Å². The molecule has 25 heavy (non-hydrogen) atoms. The summed E-state index contributed by atoms with van der Waals surface area (Å²) >= 11 is 0. The Kier molecular flexibility index (Phi) is 6.17. The van der Waals surface area contributed by atoms with E-state index in [0.717, 1.165) is 11.1 Å². The van der Waals surface area contributed by atoms with Gasteiger partial charge in [0.2, 0.25) is 0 Å². The van der Waals surface area contributed by atoms with Crippen molar-refractivity contribution in [2.75, 3.05) is 14.2 Å². The van der Waals surface area contributed by atoms with Gasteiger partial charge in [-0.2, -0.15) is 0 Å². The van der Waals surface area contributed by atoms with Gasteiger partial charge in [-0.1, -0.05) is 23.8 Å². The van der Waals surface area contributed by atoms with E-state index in [1.165, 1.54) is 6.08 Å². The first kappa shape index (κ1) is 18.1. The maximum absolute atomic E-state index is 11.9. The Morgan fingerprint density at radius 3 is 2.24 bits per heavy atom. The van der Waals surface area contributed by atoms with Crippen molar-refractivity contribution in [2.45, 2.75) is 6.92 Å². The topological polar surface area (TPSA) is 76.7 Å². The molecule has 0 atom stereocenters. The van der Waals surface area contributed by atoms with E-state index in [0.29, 0.717) is 17.1 Å². The van der Waals surface area contributed by atoms with Crippen LogP contribution in [0.1, 0.15) is 21.5 Å². The second kappa shape index (κ2) is 8.54. The van der Waals surface area contributed by atoms with Crippen molar-refractivity contribution in [3.63, 3.8) is 0 Å². The molecule has 0 radical (unpaired) electrons. The summed E-state index contributed by atoms with van der Waals surface area (Å²) in [6, 6.07) is 12.3. The molecule has 2 amide bonds. The number of carbonyl (C=O) groups is 2. The Bertz CT molecular complexity index is 783. The number of ether oxygens (including phenoxy) is 2. The highest BCUT2D eigenvalue weighted by Crippen LogP contribution is 2.27. The van der Waals surface area contributed by atoms with Crippen LogP contribution in [-0.4, -0.2) is 26.0 Å². The molecule has 0 aromatic heterocycles. The van der Waals surface area contributed by atoms with Gasteiger partial charge in [0.05, 0.1) is 14.2 Å². The minimum absolute atomic E-state index is 0.382. The molecule has 0 unspecified atom stereocenters. The molecule has 2 rings (SSSR count). The van der Waals surface area contributed by atoms with Crippen LogP contribution >= 0.6 is 0 Å². The molecule has 0 aliphatic rings. The minimum atomic E-state index is -0.449. The average molecular weight is 340 g/mol. The second-order valence-electron chi connectivity index (χ2n) is 5.26. The third-order valence-electron chi connectivity index (χ3n) is 3.45. The van der Waals surface area contributed by atoms with Crippen LogP contribution in [0.2, 0.25) is 0 Å². The molecule has 0 saturated heterocycles. The van der Waals surface area contributed by atoms with Crippen LogP contribution in [0, 0.1) is 6.92 Å². The second-order valence-corrected chi connectivity index (χ2v) is 5.26. The molecule has 6 heteroatoms. The maximum Gasteiger partial charge on any atom is 0.269 e. The molecule has 2 N–H and O–H groups in total. The van der Waals surface area contributed by atoms with Gasteiger partial charge in [0.15, 0.2) is 11.5 Å². The number of hydrogen-bond donors (Lipinski definition) is 2. The number of hydrogen-bond acceptors (Lipinski definition) is 4. The number of benzene rings is 2. The highest BCUT2D eigenvalue weighted by atomic mass is 16.5. The van der Waals surface area contributed by atoms with E-state index < -0.39 is 5.91 Å². The molecule has 0 spiro atoms. The zero-order valence-electron chi connectivity index (χ0n) is 14.3. The van der Waals surface area contributed by atoms with Crippen molar-refractivity contribution in [1.82, 2.24) is 10.9 Å². The van der Waals surface area contributed by atoms with Crippen LogP contribution in [-0.2, 0) is 4.79 Å². The van der Waals surface area contributed by atoms with E-state index in [4.69, 9.17) is 9.47 Å². The number of aryl methyl sites for hydroxylation is 1. The van der Waals surface area contributed by atoms with E-state index >= 15 is 0 Å². The molecule has 130 valence electrons. The lowest BCUT2D eigenvalue weighted by Crippen LogP contribution is -2.40. The zero-order valence-corrected chi connectivity index (χ0v) is 14.3. The average Bonchev–Trinajstić information content (AvgIpc) is 2.64. The molecule has 6 nitrogen and oxygen atoms in total. The largest absolute Gasteiger partial charge is 0.493 e. The lowest BCUT2D eigenvalue weighted by atomic mass is 10.1. The highest BCUT2D eigenvalue weighted by Gasteiger charge is 2.06.